The fourth-order valence-corrected chi connectivity index (χ4v) is 2.04. The van der Waals surface area contributed by atoms with Gasteiger partial charge in [0, 0.05) is 12.6 Å². The average Bonchev–Trinajstić information content (AvgIpc) is 2.42. The van der Waals surface area contributed by atoms with Crippen LogP contribution in [0.2, 0.25) is 0 Å². The summed E-state index contributed by atoms with van der Waals surface area (Å²) in [7, 11) is 0. The second-order valence-electron chi connectivity index (χ2n) is 5.06. The molecule has 0 aliphatic rings. The van der Waals surface area contributed by atoms with E-state index in [1.807, 2.05) is 6.07 Å². The Morgan fingerprint density at radius 2 is 2.11 bits per heavy atom. The van der Waals surface area contributed by atoms with Crippen molar-refractivity contribution < 1.29 is 4.39 Å². The van der Waals surface area contributed by atoms with Gasteiger partial charge < -0.3 is 5.32 Å². The molecule has 2 nitrogen and oxygen atoms in total. The van der Waals surface area contributed by atoms with E-state index in [4.69, 9.17) is 5.26 Å². The van der Waals surface area contributed by atoms with Gasteiger partial charge in [0.25, 0.3) is 0 Å². The lowest BCUT2D eigenvalue weighted by Gasteiger charge is -2.13. The lowest BCUT2D eigenvalue weighted by atomic mass is 10.1. The third-order valence-corrected chi connectivity index (χ3v) is 3.30. The first-order valence-electron chi connectivity index (χ1n) is 7.09. The van der Waals surface area contributed by atoms with Crippen LogP contribution in [0.5, 0.6) is 0 Å². The molecule has 0 aliphatic heterocycles. The number of benzene rings is 1. The van der Waals surface area contributed by atoms with Gasteiger partial charge in [0.1, 0.15) is 11.9 Å². The van der Waals surface area contributed by atoms with Crippen LogP contribution in [0.15, 0.2) is 18.2 Å². The molecule has 0 saturated carbocycles. The second-order valence-corrected chi connectivity index (χ2v) is 5.06. The highest BCUT2D eigenvalue weighted by molar-refractivity contribution is 5.34. The molecule has 1 aromatic carbocycles. The van der Waals surface area contributed by atoms with Crippen LogP contribution in [0, 0.1) is 17.1 Å². The van der Waals surface area contributed by atoms with E-state index in [1.54, 1.807) is 12.1 Å². The summed E-state index contributed by atoms with van der Waals surface area (Å²) >= 11 is 0. The van der Waals surface area contributed by atoms with E-state index in [0.29, 0.717) is 12.6 Å². The summed E-state index contributed by atoms with van der Waals surface area (Å²) in [5.74, 6) is -0.445. The zero-order valence-electron chi connectivity index (χ0n) is 11.9. The summed E-state index contributed by atoms with van der Waals surface area (Å²) in [6, 6.07) is 7.03. The Labute approximate surface area is 115 Å². The van der Waals surface area contributed by atoms with Crippen molar-refractivity contribution in [3.8, 4) is 6.07 Å². The third kappa shape index (κ3) is 5.85. The Morgan fingerprint density at radius 1 is 1.32 bits per heavy atom. The Bertz CT molecular complexity index is 423. The first kappa shape index (κ1) is 15.7. The van der Waals surface area contributed by atoms with E-state index in [2.05, 4.69) is 19.2 Å². The van der Waals surface area contributed by atoms with Crippen molar-refractivity contribution in [2.75, 3.05) is 0 Å². The highest BCUT2D eigenvalue weighted by atomic mass is 19.1. The van der Waals surface area contributed by atoms with Gasteiger partial charge in [-0.1, -0.05) is 38.7 Å². The van der Waals surface area contributed by atoms with Gasteiger partial charge in [-0.05, 0) is 31.0 Å². The van der Waals surface area contributed by atoms with Crippen molar-refractivity contribution in [1.29, 1.82) is 5.26 Å². The number of nitriles is 1. The minimum absolute atomic E-state index is 0.120. The quantitative estimate of drug-likeness (QED) is 0.714. The van der Waals surface area contributed by atoms with Gasteiger partial charge in [-0.2, -0.15) is 5.26 Å². The molecule has 0 radical (unpaired) electrons. The smallest absolute Gasteiger partial charge is 0.140 e. The minimum Gasteiger partial charge on any atom is -0.310 e. The molecule has 104 valence electrons. The van der Waals surface area contributed by atoms with E-state index in [9.17, 15) is 4.39 Å². The molecule has 0 heterocycles. The fraction of sp³-hybridized carbons (Fsp3) is 0.562. The first-order valence-corrected chi connectivity index (χ1v) is 7.09. The van der Waals surface area contributed by atoms with Crippen LogP contribution >= 0.6 is 0 Å². The highest BCUT2D eigenvalue weighted by Gasteiger charge is 2.05. The third-order valence-electron chi connectivity index (χ3n) is 3.30. The molecule has 1 unspecified atom stereocenters. The van der Waals surface area contributed by atoms with E-state index in [-0.39, 0.29) is 5.56 Å². The zero-order chi connectivity index (χ0) is 14.1. The maximum Gasteiger partial charge on any atom is 0.140 e. The summed E-state index contributed by atoms with van der Waals surface area (Å²) < 4.78 is 13.2. The van der Waals surface area contributed by atoms with Gasteiger partial charge in [0.15, 0.2) is 0 Å². The molecule has 0 aromatic heterocycles. The minimum atomic E-state index is -0.445. The number of hydrogen-bond donors (Lipinski definition) is 1. The fourth-order valence-electron chi connectivity index (χ4n) is 2.04. The number of halogens is 1. The molecule has 0 amide bonds. The molecule has 0 aliphatic carbocycles. The van der Waals surface area contributed by atoms with Crippen molar-refractivity contribution in [3.63, 3.8) is 0 Å². The predicted molar refractivity (Wildman–Crippen MR) is 76.2 cm³/mol. The number of nitrogens with zero attached hydrogens (tertiary/aromatic N) is 1. The van der Waals surface area contributed by atoms with Crippen LogP contribution in [0.4, 0.5) is 4.39 Å². The topological polar surface area (TPSA) is 35.8 Å². The largest absolute Gasteiger partial charge is 0.310 e. The summed E-state index contributed by atoms with van der Waals surface area (Å²) in [4.78, 5) is 0. The normalized spacial score (nSPS) is 12.1. The molecule has 0 spiro atoms. The number of rotatable bonds is 8. The van der Waals surface area contributed by atoms with Gasteiger partial charge in [0.05, 0.1) is 5.56 Å². The van der Waals surface area contributed by atoms with E-state index >= 15 is 0 Å². The van der Waals surface area contributed by atoms with Gasteiger partial charge in [-0.25, -0.2) is 4.39 Å². The summed E-state index contributed by atoms with van der Waals surface area (Å²) in [6.45, 7) is 5.06. The maximum absolute atomic E-state index is 13.2. The van der Waals surface area contributed by atoms with Crippen LogP contribution in [-0.4, -0.2) is 6.04 Å². The zero-order valence-corrected chi connectivity index (χ0v) is 11.9. The van der Waals surface area contributed by atoms with Crippen LogP contribution in [0.3, 0.4) is 0 Å². The van der Waals surface area contributed by atoms with Gasteiger partial charge in [-0.15, -0.1) is 0 Å². The van der Waals surface area contributed by atoms with Crippen LogP contribution in [0.25, 0.3) is 0 Å². The summed E-state index contributed by atoms with van der Waals surface area (Å²) in [5.41, 5.74) is 1.08. The molecule has 0 bridgehead atoms. The second kappa shape index (κ2) is 8.66. The monoisotopic (exact) mass is 262 g/mol. The van der Waals surface area contributed by atoms with Crippen LogP contribution < -0.4 is 5.32 Å². The molecular weight excluding hydrogens is 239 g/mol. The number of hydrogen-bond acceptors (Lipinski definition) is 2. The maximum atomic E-state index is 13.2. The molecule has 3 heteroatoms. The van der Waals surface area contributed by atoms with E-state index in [1.165, 1.54) is 31.7 Å². The number of nitrogens with one attached hydrogen (secondary N) is 1. The van der Waals surface area contributed by atoms with E-state index in [0.717, 1.165) is 12.0 Å². The molecular formula is C16H23FN2. The molecule has 1 rings (SSSR count). The lowest BCUT2D eigenvalue weighted by Crippen LogP contribution is -2.25. The molecule has 19 heavy (non-hydrogen) atoms. The molecule has 1 N–H and O–H groups in total. The Kier molecular flexibility index (Phi) is 7.14. The van der Waals surface area contributed by atoms with Crippen molar-refractivity contribution in [3.05, 3.63) is 35.1 Å². The Morgan fingerprint density at radius 3 is 2.79 bits per heavy atom. The van der Waals surface area contributed by atoms with Gasteiger partial charge in [-0.3, -0.25) is 0 Å². The molecule has 1 aromatic rings. The summed E-state index contributed by atoms with van der Waals surface area (Å²) in [5, 5.41) is 12.2. The van der Waals surface area contributed by atoms with Crippen LogP contribution in [0.1, 0.15) is 57.1 Å². The SMILES string of the molecule is CCCCCCC(C)NCc1ccc(F)c(C#N)c1. The standard InChI is InChI=1S/C16H23FN2/c1-3-4-5-6-7-13(2)19-12-14-8-9-16(17)15(10-14)11-18/h8-10,13,19H,3-7,12H2,1-2H3. The average molecular weight is 262 g/mol. The molecule has 0 fully saturated rings. The van der Waals surface area contributed by atoms with Gasteiger partial charge in [0.2, 0.25) is 0 Å². The first-order chi connectivity index (χ1) is 9.17. The van der Waals surface area contributed by atoms with Crippen molar-refractivity contribution in [2.45, 2.75) is 58.5 Å². The Balaban J connectivity index is 2.34. The van der Waals surface area contributed by atoms with Gasteiger partial charge >= 0.3 is 0 Å². The lowest BCUT2D eigenvalue weighted by molar-refractivity contribution is 0.482. The predicted octanol–water partition coefficient (Wildman–Crippen LogP) is 4.15. The number of unbranched alkanes of at least 4 members (excludes halogenated alkanes) is 3. The van der Waals surface area contributed by atoms with Crippen molar-refractivity contribution in [2.24, 2.45) is 0 Å². The molecule has 1 atom stereocenters. The van der Waals surface area contributed by atoms with E-state index < -0.39 is 5.82 Å². The van der Waals surface area contributed by atoms with Crippen molar-refractivity contribution >= 4 is 0 Å². The highest BCUT2D eigenvalue weighted by Crippen LogP contribution is 2.10. The summed E-state index contributed by atoms with van der Waals surface area (Å²) in [6.07, 6.45) is 6.25. The van der Waals surface area contributed by atoms with Crippen LogP contribution in [-0.2, 0) is 6.54 Å². The van der Waals surface area contributed by atoms with Crippen molar-refractivity contribution in [1.82, 2.24) is 5.32 Å². The molecule has 0 saturated heterocycles. The Hall–Kier alpha value is -1.40.